The highest BCUT2D eigenvalue weighted by Gasteiger charge is 2.26. The Bertz CT molecular complexity index is 807. The van der Waals surface area contributed by atoms with Gasteiger partial charge in [-0.25, -0.2) is 4.79 Å². The van der Waals surface area contributed by atoms with Gasteiger partial charge in [0.05, 0.1) is 17.8 Å². The minimum absolute atomic E-state index is 0.0417. The summed E-state index contributed by atoms with van der Waals surface area (Å²) in [7, 11) is 0. The molecule has 2 aromatic carbocycles. The Balaban J connectivity index is 1.51. The number of aromatic carboxylic acids is 1. The van der Waals surface area contributed by atoms with Crippen molar-refractivity contribution in [3.8, 4) is 0 Å². The van der Waals surface area contributed by atoms with E-state index in [1.165, 1.54) is 0 Å². The van der Waals surface area contributed by atoms with Gasteiger partial charge in [0.15, 0.2) is 0 Å². The normalized spacial score (nSPS) is 19.4. The van der Waals surface area contributed by atoms with Crippen molar-refractivity contribution >= 4 is 11.9 Å². The fourth-order valence-corrected chi connectivity index (χ4v) is 3.41. The first-order valence-corrected chi connectivity index (χ1v) is 9.49. The molecule has 0 spiro atoms. The zero-order chi connectivity index (χ0) is 20.1. The number of carbonyl (C=O) groups excluding carboxylic acids is 1. The summed E-state index contributed by atoms with van der Waals surface area (Å²) in [5.74, 6) is -0.879. The minimum atomic E-state index is -0.921. The third-order valence-electron chi connectivity index (χ3n) is 4.77. The maximum Gasteiger partial charge on any atom is 0.335 e. The Labute approximate surface area is 165 Å². The van der Waals surface area contributed by atoms with E-state index < -0.39 is 5.97 Å². The van der Waals surface area contributed by atoms with E-state index >= 15 is 0 Å². The maximum atomic E-state index is 12.7. The highest BCUT2D eigenvalue weighted by molar-refractivity contribution is 5.94. The van der Waals surface area contributed by atoms with Crippen molar-refractivity contribution in [3.05, 3.63) is 70.8 Å². The molecule has 0 saturated carbocycles. The molecule has 6 heteroatoms. The van der Waals surface area contributed by atoms with E-state index in [4.69, 9.17) is 9.84 Å². The molecule has 2 atom stereocenters. The van der Waals surface area contributed by atoms with Crippen LogP contribution in [0.4, 0.5) is 0 Å². The van der Waals surface area contributed by atoms with E-state index in [1.54, 1.807) is 12.1 Å². The first-order valence-electron chi connectivity index (χ1n) is 9.49. The maximum absolute atomic E-state index is 12.7. The predicted molar refractivity (Wildman–Crippen MR) is 106 cm³/mol. The molecule has 0 aliphatic carbocycles. The van der Waals surface area contributed by atoms with Crippen LogP contribution >= 0.6 is 0 Å². The molecule has 2 aromatic rings. The molecule has 6 nitrogen and oxygen atoms in total. The molecular weight excluding hydrogens is 356 g/mol. The van der Waals surface area contributed by atoms with Gasteiger partial charge >= 0.3 is 5.97 Å². The smallest absolute Gasteiger partial charge is 0.335 e. The number of morpholine rings is 1. The van der Waals surface area contributed by atoms with E-state index in [2.05, 4.69) is 5.32 Å². The molecule has 2 unspecified atom stereocenters. The van der Waals surface area contributed by atoms with E-state index in [0.29, 0.717) is 31.7 Å². The Hall–Kier alpha value is -2.70. The summed E-state index contributed by atoms with van der Waals surface area (Å²) in [4.78, 5) is 25.4. The molecule has 1 amide bonds. The van der Waals surface area contributed by atoms with Crippen molar-refractivity contribution in [3.63, 3.8) is 0 Å². The van der Waals surface area contributed by atoms with Gasteiger partial charge in [-0.2, -0.15) is 0 Å². The third-order valence-corrected chi connectivity index (χ3v) is 4.77. The molecule has 1 fully saturated rings. The van der Waals surface area contributed by atoms with E-state index in [1.807, 2.05) is 55.1 Å². The second-order valence-electron chi connectivity index (χ2n) is 7.27. The Morgan fingerprint density at radius 3 is 1.86 bits per heavy atom. The number of amides is 1. The minimum Gasteiger partial charge on any atom is -0.478 e. The van der Waals surface area contributed by atoms with Gasteiger partial charge in [-0.1, -0.05) is 24.3 Å². The van der Waals surface area contributed by atoms with E-state index in [9.17, 15) is 9.59 Å². The number of carboxylic acids is 1. The Morgan fingerprint density at radius 2 is 1.39 bits per heavy atom. The fourth-order valence-electron chi connectivity index (χ4n) is 3.41. The topological polar surface area (TPSA) is 78.9 Å². The summed E-state index contributed by atoms with van der Waals surface area (Å²) >= 11 is 0. The van der Waals surface area contributed by atoms with Crippen molar-refractivity contribution in [1.82, 2.24) is 10.2 Å². The number of benzene rings is 2. The van der Waals surface area contributed by atoms with Crippen LogP contribution in [0, 0.1) is 0 Å². The number of ether oxygens (including phenoxy) is 1. The van der Waals surface area contributed by atoms with Crippen LogP contribution in [0.2, 0.25) is 0 Å². The van der Waals surface area contributed by atoms with Gasteiger partial charge in [-0.05, 0) is 49.2 Å². The van der Waals surface area contributed by atoms with Crippen LogP contribution in [0.15, 0.2) is 48.5 Å². The molecule has 148 valence electrons. The van der Waals surface area contributed by atoms with Crippen molar-refractivity contribution < 1.29 is 19.4 Å². The van der Waals surface area contributed by atoms with Gasteiger partial charge in [-0.15, -0.1) is 0 Å². The van der Waals surface area contributed by atoms with Crippen molar-refractivity contribution in [2.45, 2.75) is 39.1 Å². The molecule has 1 heterocycles. The number of nitrogens with zero attached hydrogens (tertiary/aromatic N) is 1. The second kappa shape index (κ2) is 8.99. The Morgan fingerprint density at radius 1 is 0.929 bits per heavy atom. The van der Waals surface area contributed by atoms with Gasteiger partial charge in [0.25, 0.3) is 5.91 Å². The van der Waals surface area contributed by atoms with Crippen molar-refractivity contribution in [2.24, 2.45) is 0 Å². The zero-order valence-corrected chi connectivity index (χ0v) is 16.2. The average molecular weight is 382 g/mol. The van der Waals surface area contributed by atoms with Crippen LogP contribution in [-0.2, 0) is 17.8 Å². The standard InChI is InChI=1S/C22H26N2O4/c1-15-13-24(14-16(2)28-15)21(25)19-7-3-17(4-8-19)11-23-12-18-5-9-20(10-6-18)22(26)27/h3-10,15-16,23H,11-14H2,1-2H3,(H,26,27). The summed E-state index contributed by atoms with van der Waals surface area (Å²) in [5.41, 5.74) is 3.08. The summed E-state index contributed by atoms with van der Waals surface area (Å²) in [5, 5.41) is 12.3. The lowest BCUT2D eigenvalue weighted by atomic mass is 10.1. The molecule has 0 aromatic heterocycles. The van der Waals surface area contributed by atoms with Gasteiger partial charge < -0.3 is 20.1 Å². The average Bonchev–Trinajstić information content (AvgIpc) is 2.67. The molecule has 3 rings (SSSR count). The van der Waals surface area contributed by atoms with Crippen LogP contribution in [0.1, 0.15) is 45.7 Å². The lowest BCUT2D eigenvalue weighted by Crippen LogP contribution is -2.48. The number of nitrogens with one attached hydrogen (secondary N) is 1. The molecular formula is C22H26N2O4. The number of carbonyl (C=O) groups is 2. The van der Waals surface area contributed by atoms with Crippen LogP contribution < -0.4 is 5.32 Å². The molecule has 1 saturated heterocycles. The highest BCUT2D eigenvalue weighted by atomic mass is 16.5. The number of carboxylic acid groups (broad SMARTS) is 1. The monoisotopic (exact) mass is 382 g/mol. The zero-order valence-electron chi connectivity index (χ0n) is 16.2. The molecule has 0 radical (unpaired) electrons. The largest absolute Gasteiger partial charge is 0.478 e. The lowest BCUT2D eigenvalue weighted by molar-refractivity contribution is -0.0586. The van der Waals surface area contributed by atoms with E-state index in [0.717, 1.165) is 11.1 Å². The number of hydrogen-bond acceptors (Lipinski definition) is 4. The molecule has 1 aliphatic rings. The molecule has 2 N–H and O–H groups in total. The van der Waals surface area contributed by atoms with Crippen molar-refractivity contribution in [1.29, 1.82) is 0 Å². The quantitative estimate of drug-likeness (QED) is 0.803. The second-order valence-corrected chi connectivity index (χ2v) is 7.27. The number of rotatable bonds is 6. The van der Waals surface area contributed by atoms with Crippen LogP contribution in [0.3, 0.4) is 0 Å². The van der Waals surface area contributed by atoms with Gasteiger partial charge in [0.1, 0.15) is 0 Å². The first-order chi connectivity index (χ1) is 13.4. The summed E-state index contributed by atoms with van der Waals surface area (Å²) in [6.45, 7) is 6.52. The highest BCUT2D eigenvalue weighted by Crippen LogP contribution is 2.15. The van der Waals surface area contributed by atoms with Gasteiger partial charge in [0, 0.05) is 31.7 Å². The third kappa shape index (κ3) is 5.18. The first kappa shape index (κ1) is 20.0. The Kier molecular flexibility index (Phi) is 6.44. The predicted octanol–water partition coefficient (Wildman–Crippen LogP) is 2.92. The van der Waals surface area contributed by atoms with Crippen LogP contribution in [0.25, 0.3) is 0 Å². The van der Waals surface area contributed by atoms with Gasteiger partial charge in [-0.3, -0.25) is 4.79 Å². The summed E-state index contributed by atoms with van der Waals surface area (Å²) in [6.07, 6.45) is 0.112. The number of hydrogen-bond donors (Lipinski definition) is 2. The van der Waals surface area contributed by atoms with Crippen LogP contribution in [-0.4, -0.2) is 47.2 Å². The van der Waals surface area contributed by atoms with Gasteiger partial charge in [0.2, 0.25) is 0 Å². The summed E-state index contributed by atoms with van der Waals surface area (Å²) in [6, 6.07) is 14.5. The van der Waals surface area contributed by atoms with E-state index in [-0.39, 0.29) is 23.7 Å². The summed E-state index contributed by atoms with van der Waals surface area (Å²) < 4.78 is 5.69. The SMILES string of the molecule is CC1CN(C(=O)c2ccc(CNCc3ccc(C(=O)O)cc3)cc2)CC(C)O1. The lowest BCUT2D eigenvalue weighted by Gasteiger charge is -2.35. The van der Waals surface area contributed by atoms with Crippen LogP contribution in [0.5, 0.6) is 0 Å². The van der Waals surface area contributed by atoms with Crippen molar-refractivity contribution in [2.75, 3.05) is 13.1 Å². The molecule has 1 aliphatic heterocycles. The molecule has 0 bridgehead atoms. The fraction of sp³-hybridized carbons (Fsp3) is 0.364. The molecule has 28 heavy (non-hydrogen) atoms.